The second-order valence-corrected chi connectivity index (χ2v) is 9.91. The molecular formula is C29H33NO6S. The van der Waals surface area contributed by atoms with Gasteiger partial charge in [-0.3, -0.25) is 4.79 Å². The Labute approximate surface area is 222 Å². The number of ketones is 1. The number of ether oxygens (including phenoxy) is 4. The first-order valence-corrected chi connectivity index (χ1v) is 13.4. The van der Waals surface area contributed by atoms with Crippen molar-refractivity contribution in [3.05, 3.63) is 76.1 Å². The fraction of sp³-hybridized carbons (Fsp3) is 0.379. The lowest BCUT2D eigenvalue weighted by Gasteiger charge is -2.36. The SMILES string of the molecule is COCCOC(=O)C1=C(C)NC2=C(C(=O)C[C@@H](c3ccc(OC)c(OC)c3)C2)[C@@H]1c1ccc(SC)cc1. The molecule has 2 aromatic carbocycles. The van der Waals surface area contributed by atoms with Crippen LogP contribution >= 0.6 is 11.8 Å². The van der Waals surface area contributed by atoms with Gasteiger partial charge in [-0.1, -0.05) is 18.2 Å². The van der Waals surface area contributed by atoms with Gasteiger partial charge in [-0.05, 0) is 60.9 Å². The van der Waals surface area contributed by atoms with Gasteiger partial charge in [-0.15, -0.1) is 11.8 Å². The highest BCUT2D eigenvalue weighted by Gasteiger charge is 2.41. The van der Waals surface area contributed by atoms with Gasteiger partial charge in [-0.2, -0.15) is 0 Å². The van der Waals surface area contributed by atoms with E-state index in [4.69, 9.17) is 18.9 Å². The van der Waals surface area contributed by atoms with Gasteiger partial charge in [-0.25, -0.2) is 4.79 Å². The van der Waals surface area contributed by atoms with E-state index in [1.807, 2.05) is 55.6 Å². The third kappa shape index (κ3) is 5.55. The van der Waals surface area contributed by atoms with Crippen molar-refractivity contribution in [3.8, 4) is 11.5 Å². The van der Waals surface area contributed by atoms with E-state index in [0.717, 1.165) is 21.7 Å². The first-order valence-electron chi connectivity index (χ1n) is 12.2. The lowest BCUT2D eigenvalue weighted by molar-refractivity contribution is -0.140. The number of nitrogens with one attached hydrogen (secondary N) is 1. The molecule has 0 fully saturated rings. The minimum atomic E-state index is -0.499. The van der Waals surface area contributed by atoms with Crippen molar-refractivity contribution in [2.24, 2.45) is 0 Å². The summed E-state index contributed by atoms with van der Waals surface area (Å²) in [5.74, 6) is 0.327. The van der Waals surface area contributed by atoms with Crippen molar-refractivity contribution in [3.63, 3.8) is 0 Å². The van der Waals surface area contributed by atoms with E-state index in [0.29, 0.717) is 47.8 Å². The number of thioether (sulfide) groups is 1. The topological polar surface area (TPSA) is 83.1 Å². The highest BCUT2D eigenvalue weighted by Crippen LogP contribution is 2.46. The van der Waals surface area contributed by atoms with E-state index in [9.17, 15) is 9.59 Å². The maximum Gasteiger partial charge on any atom is 0.336 e. The molecule has 0 saturated heterocycles. The third-order valence-electron chi connectivity index (χ3n) is 6.90. The Balaban J connectivity index is 1.73. The number of esters is 1. The Morgan fingerprint density at radius 3 is 2.32 bits per heavy atom. The molecule has 0 unspecified atom stereocenters. The summed E-state index contributed by atoms with van der Waals surface area (Å²) in [4.78, 5) is 28.1. The van der Waals surface area contributed by atoms with E-state index in [1.165, 1.54) is 0 Å². The molecule has 1 aliphatic heterocycles. The molecule has 1 N–H and O–H groups in total. The molecule has 4 rings (SSSR count). The van der Waals surface area contributed by atoms with Gasteiger partial charge in [0, 0.05) is 41.3 Å². The number of methoxy groups -OCH3 is 3. The number of dihydropyridines is 1. The number of rotatable bonds is 9. The predicted molar refractivity (Wildman–Crippen MR) is 143 cm³/mol. The monoisotopic (exact) mass is 523 g/mol. The van der Waals surface area contributed by atoms with Crippen molar-refractivity contribution >= 4 is 23.5 Å². The molecule has 196 valence electrons. The highest BCUT2D eigenvalue weighted by atomic mass is 32.2. The van der Waals surface area contributed by atoms with Gasteiger partial charge < -0.3 is 24.3 Å². The van der Waals surface area contributed by atoms with Crippen LogP contribution in [0.25, 0.3) is 0 Å². The number of carbonyl (C=O) groups excluding carboxylic acids is 2. The van der Waals surface area contributed by atoms with E-state index >= 15 is 0 Å². The van der Waals surface area contributed by atoms with Crippen LogP contribution in [0.15, 0.2) is 69.9 Å². The van der Waals surface area contributed by atoms with Gasteiger partial charge in [0.25, 0.3) is 0 Å². The summed E-state index contributed by atoms with van der Waals surface area (Å²) in [6, 6.07) is 13.8. The van der Waals surface area contributed by atoms with Crippen LogP contribution in [0.3, 0.4) is 0 Å². The van der Waals surface area contributed by atoms with Crippen molar-refractivity contribution in [2.45, 2.75) is 36.5 Å². The smallest absolute Gasteiger partial charge is 0.336 e. The zero-order valence-electron chi connectivity index (χ0n) is 21.9. The molecule has 1 heterocycles. The number of hydrogen-bond acceptors (Lipinski definition) is 8. The van der Waals surface area contributed by atoms with Crippen LogP contribution < -0.4 is 14.8 Å². The minimum absolute atomic E-state index is 0.0159. The number of Topliss-reactive ketones (excluding diaryl/α,β-unsaturated/α-hetero) is 1. The molecule has 0 amide bonds. The lowest BCUT2D eigenvalue weighted by atomic mass is 9.71. The number of allylic oxidation sites excluding steroid dienone is 3. The molecule has 0 aromatic heterocycles. The molecule has 2 atom stereocenters. The lowest BCUT2D eigenvalue weighted by Crippen LogP contribution is -2.36. The summed E-state index contributed by atoms with van der Waals surface area (Å²) < 4.78 is 21.4. The van der Waals surface area contributed by atoms with Crippen molar-refractivity contribution in [2.75, 3.05) is 40.8 Å². The summed E-state index contributed by atoms with van der Waals surface area (Å²) >= 11 is 1.64. The quantitative estimate of drug-likeness (QED) is 0.280. The Morgan fingerprint density at radius 2 is 1.68 bits per heavy atom. The van der Waals surface area contributed by atoms with Gasteiger partial charge in [0.05, 0.1) is 26.4 Å². The van der Waals surface area contributed by atoms with Crippen molar-refractivity contribution in [1.29, 1.82) is 0 Å². The van der Waals surface area contributed by atoms with Crippen LogP contribution in [0.2, 0.25) is 0 Å². The van der Waals surface area contributed by atoms with Gasteiger partial charge >= 0.3 is 5.97 Å². The zero-order valence-corrected chi connectivity index (χ0v) is 22.7. The largest absolute Gasteiger partial charge is 0.493 e. The van der Waals surface area contributed by atoms with Crippen molar-refractivity contribution in [1.82, 2.24) is 5.32 Å². The second kappa shape index (κ2) is 11.9. The average molecular weight is 524 g/mol. The van der Waals surface area contributed by atoms with E-state index in [2.05, 4.69) is 5.32 Å². The summed E-state index contributed by atoms with van der Waals surface area (Å²) in [7, 11) is 4.76. The van der Waals surface area contributed by atoms with E-state index in [-0.39, 0.29) is 18.3 Å². The Bertz CT molecular complexity index is 1230. The average Bonchev–Trinajstić information content (AvgIpc) is 2.91. The van der Waals surface area contributed by atoms with Crippen LogP contribution in [-0.2, 0) is 19.1 Å². The molecule has 0 spiro atoms. The van der Waals surface area contributed by atoms with Gasteiger partial charge in [0.2, 0.25) is 0 Å². The maximum atomic E-state index is 13.8. The molecule has 1 aliphatic carbocycles. The fourth-order valence-electron chi connectivity index (χ4n) is 5.08. The molecule has 0 bridgehead atoms. The number of carbonyl (C=O) groups is 2. The van der Waals surface area contributed by atoms with Crippen LogP contribution in [0.5, 0.6) is 11.5 Å². The molecule has 2 aliphatic rings. The molecule has 2 aromatic rings. The predicted octanol–water partition coefficient (Wildman–Crippen LogP) is 4.98. The first kappa shape index (κ1) is 26.8. The maximum absolute atomic E-state index is 13.8. The zero-order chi connectivity index (χ0) is 26.5. The fourth-order valence-corrected chi connectivity index (χ4v) is 5.49. The van der Waals surface area contributed by atoms with E-state index in [1.54, 1.807) is 33.1 Å². The normalized spacial score (nSPS) is 19.3. The first-order chi connectivity index (χ1) is 17.9. The molecule has 37 heavy (non-hydrogen) atoms. The van der Waals surface area contributed by atoms with Gasteiger partial charge in [0.1, 0.15) is 6.61 Å². The molecule has 0 saturated carbocycles. The molecular weight excluding hydrogens is 490 g/mol. The summed E-state index contributed by atoms with van der Waals surface area (Å²) in [6.45, 7) is 2.31. The molecule has 8 heteroatoms. The molecule has 0 radical (unpaired) electrons. The highest BCUT2D eigenvalue weighted by molar-refractivity contribution is 7.98. The van der Waals surface area contributed by atoms with Crippen molar-refractivity contribution < 1.29 is 28.5 Å². The summed E-state index contributed by atoms with van der Waals surface area (Å²) in [5.41, 5.74) is 4.54. The van der Waals surface area contributed by atoms with Crippen LogP contribution in [-0.4, -0.2) is 52.6 Å². The van der Waals surface area contributed by atoms with Crippen LogP contribution in [0.4, 0.5) is 0 Å². The van der Waals surface area contributed by atoms with Gasteiger partial charge in [0.15, 0.2) is 17.3 Å². The summed E-state index contributed by atoms with van der Waals surface area (Å²) in [5, 5.41) is 3.39. The number of hydrogen-bond donors (Lipinski definition) is 1. The second-order valence-electron chi connectivity index (χ2n) is 9.03. The minimum Gasteiger partial charge on any atom is -0.493 e. The Morgan fingerprint density at radius 1 is 0.973 bits per heavy atom. The number of benzene rings is 2. The Hall–Kier alpha value is -3.23. The molecule has 7 nitrogen and oxygen atoms in total. The van der Waals surface area contributed by atoms with E-state index < -0.39 is 11.9 Å². The van der Waals surface area contributed by atoms with Crippen LogP contribution in [0, 0.1) is 0 Å². The third-order valence-corrected chi connectivity index (χ3v) is 7.64. The van der Waals surface area contributed by atoms with Crippen LogP contribution in [0.1, 0.15) is 42.7 Å². The summed E-state index contributed by atoms with van der Waals surface area (Å²) in [6.07, 6.45) is 2.99. The Kier molecular flexibility index (Phi) is 8.61. The standard InChI is InChI=1S/C29H33NO6S/c1-17-26(29(32)36-13-12-33-2)27(18-6-9-21(37-5)10-7-18)28-22(30-17)14-20(15-23(28)31)19-8-11-24(34-3)25(16-19)35-4/h6-11,16,20,27,30H,12-15H2,1-5H3/t20-,27+/m0/s1.